The van der Waals surface area contributed by atoms with E-state index >= 15 is 0 Å². The van der Waals surface area contributed by atoms with E-state index in [0.29, 0.717) is 6.54 Å². The van der Waals surface area contributed by atoms with E-state index < -0.39 is 5.60 Å². The van der Waals surface area contributed by atoms with Gasteiger partial charge >= 0.3 is 5.97 Å². The second-order valence-electron chi connectivity index (χ2n) is 6.79. The maximum Gasteiger partial charge on any atom is 0.328 e. The molecule has 0 bridgehead atoms. The van der Waals surface area contributed by atoms with Crippen LogP contribution < -0.4 is 10.6 Å². The second kappa shape index (κ2) is 6.06. The first-order valence-corrected chi connectivity index (χ1v) is 7.61. The molecule has 0 aliphatic carbocycles. The molecule has 0 aromatic heterocycles. The van der Waals surface area contributed by atoms with Crippen molar-refractivity contribution >= 4 is 11.7 Å². The molecule has 2 atom stereocenters. The third-order valence-corrected chi connectivity index (χ3v) is 3.73. The Morgan fingerprint density at radius 3 is 2.71 bits per heavy atom. The Balaban J connectivity index is 2.26. The van der Waals surface area contributed by atoms with Gasteiger partial charge in [-0.25, -0.2) is 4.79 Å². The molecule has 0 spiro atoms. The van der Waals surface area contributed by atoms with Gasteiger partial charge in [-0.3, -0.25) is 0 Å². The molecule has 116 valence electrons. The molecule has 2 unspecified atom stereocenters. The van der Waals surface area contributed by atoms with Crippen LogP contribution in [0.3, 0.4) is 0 Å². The topological polar surface area (TPSA) is 55.6 Å². The number of hydrogen-bond donors (Lipinski definition) is 1. The van der Waals surface area contributed by atoms with Crippen LogP contribution in [0.25, 0.3) is 0 Å². The fraction of sp³-hybridized carbons (Fsp3) is 0.588. The van der Waals surface area contributed by atoms with E-state index in [4.69, 9.17) is 10.5 Å². The number of hydrogen-bond acceptors (Lipinski definition) is 4. The number of esters is 1. The van der Waals surface area contributed by atoms with E-state index in [0.717, 1.165) is 18.5 Å². The summed E-state index contributed by atoms with van der Waals surface area (Å²) in [7, 11) is 0. The van der Waals surface area contributed by atoms with Crippen molar-refractivity contribution < 1.29 is 9.53 Å². The van der Waals surface area contributed by atoms with Gasteiger partial charge in [0.2, 0.25) is 0 Å². The van der Waals surface area contributed by atoms with Crippen molar-refractivity contribution in [1.82, 2.24) is 0 Å². The zero-order valence-corrected chi connectivity index (χ0v) is 13.4. The van der Waals surface area contributed by atoms with Crippen LogP contribution in [-0.4, -0.2) is 30.2 Å². The first kappa shape index (κ1) is 15.8. The van der Waals surface area contributed by atoms with Gasteiger partial charge in [-0.15, -0.1) is 0 Å². The third-order valence-electron chi connectivity index (χ3n) is 3.73. The normalized spacial score (nSPS) is 20.4. The van der Waals surface area contributed by atoms with Crippen molar-refractivity contribution in [2.45, 2.75) is 58.2 Å². The number of ether oxygens (including phenoxy) is 1. The zero-order valence-electron chi connectivity index (χ0n) is 13.4. The molecule has 0 saturated carbocycles. The third kappa shape index (κ3) is 3.97. The minimum absolute atomic E-state index is 0.0716. The van der Waals surface area contributed by atoms with Gasteiger partial charge < -0.3 is 15.4 Å². The number of nitrogens with zero attached hydrogens (tertiary/aromatic N) is 1. The quantitative estimate of drug-likeness (QED) is 0.850. The van der Waals surface area contributed by atoms with Crippen LogP contribution in [-0.2, 0) is 16.0 Å². The van der Waals surface area contributed by atoms with Gasteiger partial charge in [0.25, 0.3) is 0 Å². The van der Waals surface area contributed by atoms with Crippen molar-refractivity contribution in [2.75, 3.05) is 11.4 Å². The molecule has 4 nitrogen and oxygen atoms in total. The molecule has 1 aromatic carbocycles. The lowest BCUT2D eigenvalue weighted by atomic mass is 10.1. The largest absolute Gasteiger partial charge is 0.458 e. The summed E-state index contributed by atoms with van der Waals surface area (Å²) in [5, 5.41) is 0. The van der Waals surface area contributed by atoms with E-state index in [-0.39, 0.29) is 18.1 Å². The van der Waals surface area contributed by atoms with Gasteiger partial charge in [0, 0.05) is 18.3 Å². The van der Waals surface area contributed by atoms with Crippen LogP contribution in [0.4, 0.5) is 5.69 Å². The first-order chi connectivity index (χ1) is 9.78. The summed E-state index contributed by atoms with van der Waals surface area (Å²) >= 11 is 0. The Morgan fingerprint density at radius 1 is 1.38 bits per heavy atom. The molecule has 1 aliphatic heterocycles. The van der Waals surface area contributed by atoms with Gasteiger partial charge in [-0.2, -0.15) is 0 Å². The summed E-state index contributed by atoms with van der Waals surface area (Å²) in [4.78, 5) is 14.5. The average Bonchev–Trinajstić information content (AvgIpc) is 2.56. The molecule has 2 rings (SSSR count). The van der Waals surface area contributed by atoms with Crippen molar-refractivity contribution in [3.05, 3.63) is 29.8 Å². The van der Waals surface area contributed by atoms with Crippen LogP contribution in [0.2, 0.25) is 0 Å². The number of fused-ring (bicyclic) bond motifs is 1. The fourth-order valence-electron chi connectivity index (χ4n) is 2.67. The highest BCUT2D eigenvalue weighted by Crippen LogP contribution is 2.28. The van der Waals surface area contributed by atoms with Crippen LogP contribution >= 0.6 is 0 Å². The number of nitrogens with two attached hydrogens (primary N) is 1. The van der Waals surface area contributed by atoms with Gasteiger partial charge in [-0.1, -0.05) is 18.2 Å². The summed E-state index contributed by atoms with van der Waals surface area (Å²) in [6.45, 7) is 8.24. The van der Waals surface area contributed by atoms with Crippen molar-refractivity contribution in [3.8, 4) is 0 Å². The summed E-state index contributed by atoms with van der Waals surface area (Å²) < 4.78 is 5.52. The van der Waals surface area contributed by atoms with Gasteiger partial charge in [0.15, 0.2) is 0 Å². The molecular weight excluding hydrogens is 264 g/mol. The molecule has 1 aliphatic rings. The Hall–Kier alpha value is -1.55. The lowest BCUT2D eigenvalue weighted by Gasteiger charge is -2.33. The van der Waals surface area contributed by atoms with Crippen molar-refractivity contribution in [2.24, 2.45) is 5.73 Å². The smallest absolute Gasteiger partial charge is 0.328 e. The lowest BCUT2D eigenvalue weighted by molar-refractivity contribution is -0.156. The molecule has 4 heteroatoms. The second-order valence-corrected chi connectivity index (χ2v) is 6.79. The van der Waals surface area contributed by atoms with E-state index in [9.17, 15) is 4.79 Å². The SMILES string of the molecule is CC(C(=O)OC(C)(C)C)N1CC(N)CCc2ccccc21. The number of carbonyl (C=O) groups is 1. The predicted molar refractivity (Wildman–Crippen MR) is 85.4 cm³/mol. The van der Waals surface area contributed by atoms with Crippen LogP contribution in [0, 0.1) is 0 Å². The first-order valence-electron chi connectivity index (χ1n) is 7.61. The highest BCUT2D eigenvalue weighted by molar-refractivity contribution is 5.80. The number of anilines is 1. The number of aryl methyl sites for hydroxylation is 1. The molecule has 2 N–H and O–H groups in total. The van der Waals surface area contributed by atoms with E-state index in [1.807, 2.05) is 39.8 Å². The fourth-order valence-corrected chi connectivity index (χ4v) is 2.67. The summed E-state index contributed by atoms with van der Waals surface area (Å²) in [5.41, 5.74) is 8.05. The number of para-hydroxylation sites is 1. The van der Waals surface area contributed by atoms with Gasteiger partial charge in [0.05, 0.1) is 0 Å². The zero-order chi connectivity index (χ0) is 15.6. The van der Waals surface area contributed by atoms with Crippen LogP contribution in [0.1, 0.15) is 39.7 Å². The van der Waals surface area contributed by atoms with E-state index in [1.165, 1.54) is 5.56 Å². The molecule has 1 heterocycles. The Kier molecular flexibility index (Phi) is 4.57. The summed E-state index contributed by atoms with van der Waals surface area (Å²) in [6.07, 6.45) is 1.89. The summed E-state index contributed by atoms with van der Waals surface area (Å²) in [6, 6.07) is 7.95. The lowest BCUT2D eigenvalue weighted by Crippen LogP contribution is -2.47. The Labute approximate surface area is 127 Å². The van der Waals surface area contributed by atoms with E-state index in [2.05, 4.69) is 17.0 Å². The molecular formula is C17H26N2O2. The van der Waals surface area contributed by atoms with Crippen LogP contribution in [0.5, 0.6) is 0 Å². The summed E-state index contributed by atoms with van der Waals surface area (Å²) in [5.74, 6) is -0.202. The molecule has 0 saturated heterocycles. The highest BCUT2D eigenvalue weighted by atomic mass is 16.6. The van der Waals surface area contributed by atoms with Crippen molar-refractivity contribution in [3.63, 3.8) is 0 Å². The maximum absolute atomic E-state index is 12.4. The monoisotopic (exact) mass is 290 g/mol. The molecule has 1 aromatic rings. The Morgan fingerprint density at radius 2 is 2.05 bits per heavy atom. The Bertz CT molecular complexity index is 508. The van der Waals surface area contributed by atoms with Crippen LogP contribution in [0.15, 0.2) is 24.3 Å². The number of rotatable bonds is 2. The highest BCUT2D eigenvalue weighted by Gasteiger charge is 2.30. The molecule has 0 fully saturated rings. The molecule has 0 amide bonds. The number of benzene rings is 1. The minimum atomic E-state index is -0.473. The van der Waals surface area contributed by atoms with Crippen molar-refractivity contribution in [1.29, 1.82) is 0 Å². The average molecular weight is 290 g/mol. The van der Waals surface area contributed by atoms with Gasteiger partial charge in [-0.05, 0) is 52.2 Å². The maximum atomic E-state index is 12.4. The molecule has 21 heavy (non-hydrogen) atoms. The van der Waals surface area contributed by atoms with E-state index in [1.54, 1.807) is 0 Å². The molecule has 0 radical (unpaired) electrons. The van der Waals surface area contributed by atoms with Gasteiger partial charge in [0.1, 0.15) is 11.6 Å². The number of carbonyl (C=O) groups excluding carboxylic acids is 1. The minimum Gasteiger partial charge on any atom is -0.458 e. The standard InChI is InChI=1S/C17H26N2O2/c1-12(16(20)21-17(2,3)4)19-11-14(18)10-9-13-7-5-6-8-15(13)19/h5-8,12,14H,9-11,18H2,1-4H3. The predicted octanol–water partition coefficient (Wildman–Crippen LogP) is 2.50.